The molecule has 1 heterocycles. The predicted octanol–water partition coefficient (Wildman–Crippen LogP) is 5.19. The lowest BCUT2D eigenvalue weighted by molar-refractivity contribution is 0.395. The second-order valence-corrected chi connectivity index (χ2v) is 7.47. The summed E-state index contributed by atoms with van der Waals surface area (Å²) in [4.78, 5) is 7.55. The van der Waals surface area contributed by atoms with Gasteiger partial charge in [-0.15, -0.1) is 0 Å². The Kier molecular flexibility index (Phi) is 5.29. The molecule has 2 aromatic rings. The van der Waals surface area contributed by atoms with Crippen LogP contribution in [0, 0.1) is 0 Å². The van der Waals surface area contributed by atoms with Gasteiger partial charge in [-0.25, -0.2) is 0 Å². The number of hydrogen-bond donors (Lipinski definition) is 0. The highest BCUT2D eigenvalue weighted by Crippen LogP contribution is 2.48. The molecule has 0 fully saturated rings. The Labute approximate surface area is 144 Å². The first kappa shape index (κ1) is 16.4. The van der Waals surface area contributed by atoms with Crippen LogP contribution in [0.5, 0.6) is 0 Å². The lowest BCUT2D eigenvalue weighted by atomic mass is 10.1. The summed E-state index contributed by atoms with van der Waals surface area (Å²) in [5.41, 5.74) is 4.17. The molecular weight excluding hydrogens is 300 g/mol. The van der Waals surface area contributed by atoms with Crippen molar-refractivity contribution >= 4 is 23.1 Å². The van der Waals surface area contributed by atoms with Crippen LogP contribution in [0.2, 0.25) is 0 Å². The fourth-order valence-electron chi connectivity index (χ4n) is 3.03. The number of aryl methyl sites for hydroxylation is 1. The molecule has 1 aliphatic rings. The van der Waals surface area contributed by atoms with E-state index in [0.717, 1.165) is 19.5 Å². The van der Waals surface area contributed by atoms with Gasteiger partial charge in [0.2, 0.25) is 0 Å². The van der Waals surface area contributed by atoms with Crippen molar-refractivity contribution in [1.29, 1.82) is 0 Å². The molecule has 0 unspecified atom stereocenters. The number of benzene rings is 2. The molecule has 23 heavy (non-hydrogen) atoms. The average Bonchev–Trinajstić information content (AvgIpc) is 2.57. The average molecular weight is 327 g/mol. The Morgan fingerprint density at radius 3 is 2.52 bits per heavy atom. The molecule has 122 valence electrons. The Morgan fingerprint density at radius 1 is 0.957 bits per heavy atom. The van der Waals surface area contributed by atoms with E-state index < -0.39 is 0 Å². The zero-order valence-corrected chi connectivity index (χ0v) is 15.2. The summed E-state index contributed by atoms with van der Waals surface area (Å²) in [5, 5.41) is 0. The zero-order valence-electron chi connectivity index (χ0n) is 14.4. The van der Waals surface area contributed by atoms with Crippen LogP contribution in [0.25, 0.3) is 0 Å². The maximum atomic E-state index is 2.52. The fraction of sp³-hybridized carbons (Fsp3) is 0.400. The molecular formula is C20H26N2S. The fourth-order valence-corrected chi connectivity index (χ4v) is 4.11. The van der Waals surface area contributed by atoms with Gasteiger partial charge in [-0.3, -0.25) is 0 Å². The second-order valence-electron chi connectivity index (χ2n) is 6.39. The smallest absolute Gasteiger partial charge is 0.0555 e. The number of anilines is 2. The van der Waals surface area contributed by atoms with E-state index >= 15 is 0 Å². The van der Waals surface area contributed by atoms with Gasteiger partial charge in [0.25, 0.3) is 0 Å². The number of hydrogen-bond acceptors (Lipinski definition) is 3. The molecule has 0 amide bonds. The van der Waals surface area contributed by atoms with Gasteiger partial charge in [0.1, 0.15) is 0 Å². The molecule has 0 aliphatic carbocycles. The van der Waals surface area contributed by atoms with Gasteiger partial charge in [-0.2, -0.15) is 0 Å². The Morgan fingerprint density at radius 2 is 1.74 bits per heavy atom. The minimum absolute atomic E-state index is 1.09. The van der Waals surface area contributed by atoms with Crippen molar-refractivity contribution < 1.29 is 0 Å². The van der Waals surface area contributed by atoms with Gasteiger partial charge in [0.05, 0.1) is 11.4 Å². The summed E-state index contributed by atoms with van der Waals surface area (Å²) in [5.74, 6) is 0. The largest absolute Gasteiger partial charge is 0.340 e. The summed E-state index contributed by atoms with van der Waals surface area (Å²) in [6, 6.07) is 15.7. The minimum atomic E-state index is 1.09. The van der Waals surface area contributed by atoms with Gasteiger partial charge in [-0.1, -0.05) is 36.9 Å². The molecule has 0 atom stereocenters. The van der Waals surface area contributed by atoms with Crippen LogP contribution in [0.1, 0.15) is 25.3 Å². The third kappa shape index (κ3) is 3.73. The second kappa shape index (κ2) is 7.41. The van der Waals surface area contributed by atoms with E-state index in [1.165, 1.54) is 39.6 Å². The highest BCUT2D eigenvalue weighted by Gasteiger charge is 2.22. The van der Waals surface area contributed by atoms with Crippen LogP contribution in [-0.2, 0) is 6.42 Å². The topological polar surface area (TPSA) is 6.48 Å². The lowest BCUT2D eigenvalue weighted by Gasteiger charge is -2.33. The summed E-state index contributed by atoms with van der Waals surface area (Å²) < 4.78 is 0. The van der Waals surface area contributed by atoms with E-state index in [9.17, 15) is 0 Å². The maximum absolute atomic E-state index is 2.52. The van der Waals surface area contributed by atoms with E-state index in [1.807, 2.05) is 11.8 Å². The van der Waals surface area contributed by atoms with Crippen LogP contribution in [0.3, 0.4) is 0 Å². The molecule has 3 heteroatoms. The van der Waals surface area contributed by atoms with Crippen molar-refractivity contribution in [3.05, 3.63) is 48.0 Å². The molecule has 1 aliphatic heterocycles. The SMILES string of the molecule is CCc1ccc2c(c1)N(CCCCN(C)C)c1ccccc1S2. The zero-order chi connectivity index (χ0) is 16.2. The number of fused-ring (bicyclic) bond motifs is 2. The highest BCUT2D eigenvalue weighted by atomic mass is 32.2. The molecule has 0 spiro atoms. The van der Waals surface area contributed by atoms with Crippen LogP contribution in [-0.4, -0.2) is 32.1 Å². The van der Waals surface area contributed by atoms with Gasteiger partial charge in [-0.05, 0) is 69.7 Å². The number of unbranched alkanes of at least 4 members (excludes halogenated alkanes) is 1. The van der Waals surface area contributed by atoms with Gasteiger partial charge >= 0.3 is 0 Å². The molecule has 0 radical (unpaired) electrons. The Bertz CT molecular complexity index is 666. The lowest BCUT2D eigenvalue weighted by Crippen LogP contribution is -2.23. The monoisotopic (exact) mass is 326 g/mol. The van der Waals surface area contributed by atoms with E-state index in [1.54, 1.807) is 0 Å². The first-order chi connectivity index (χ1) is 11.2. The number of rotatable bonds is 6. The van der Waals surface area contributed by atoms with E-state index in [2.05, 4.69) is 73.3 Å². The normalized spacial score (nSPS) is 13.1. The molecule has 0 aromatic heterocycles. The molecule has 0 bridgehead atoms. The summed E-state index contributed by atoms with van der Waals surface area (Å²) >= 11 is 1.90. The first-order valence-electron chi connectivity index (χ1n) is 8.51. The number of para-hydroxylation sites is 1. The quantitative estimate of drug-likeness (QED) is 0.674. The van der Waals surface area contributed by atoms with Crippen molar-refractivity contribution in [2.24, 2.45) is 0 Å². The van der Waals surface area contributed by atoms with E-state index in [0.29, 0.717) is 0 Å². The van der Waals surface area contributed by atoms with Gasteiger partial charge < -0.3 is 9.80 Å². The third-order valence-electron chi connectivity index (χ3n) is 4.34. The van der Waals surface area contributed by atoms with E-state index in [4.69, 9.17) is 0 Å². The molecule has 0 saturated carbocycles. The van der Waals surface area contributed by atoms with E-state index in [-0.39, 0.29) is 0 Å². The summed E-state index contributed by atoms with van der Waals surface area (Å²) in [6.07, 6.45) is 3.54. The van der Waals surface area contributed by atoms with Crippen LogP contribution in [0.15, 0.2) is 52.3 Å². The minimum Gasteiger partial charge on any atom is -0.340 e. The van der Waals surface area contributed by atoms with Gasteiger partial charge in [0, 0.05) is 16.3 Å². The third-order valence-corrected chi connectivity index (χ3v) is 5.47. The maximum Gasteiger partial charge on any atom is 0.0555 e. The summed E-state index contributed by atoms with van der Waals surface area (Å²) in [6.45, 7) is 4.48. The molecule has 0 N–H and O–H groups in total. The van der Waals surface area contributed by atoms with Crippen molar-refractivity contribution in [1.82, 2.24) is 4.90 Å². The Balaban J connectivity index is 1.87. The summed E-state index contributed by atoms with van der Waals surface area (Å²) in [7, 11) is 4.30. The van der Waals surface area contributed by atoms with Gasteiger partial charge in [0.15, 0.2) is 0 Å². The molecule has 0 saturated heterocycles. The number of nitrogens with zero attached hydrogens (tertiary/aromatic N) is 2. The van der Waals surface area contributed by atoms with Crippen LogP contribution >= 0.6 is 11.8 Å². The van der Waals surface area contributed by atoms with Crippen LogP contribution in [0.4, 0.5) is 11.4 Å². The predicted molar refractivity (Wildman–Crippen MR) is 101 cm³/mol. The standard InChI is InChI=1S/C20H26N2S/c1-4-16-11-12-20-18(15-16)22(14-8-7-13-21(2)3)17-9-5-6-10-19(17)23-20/h5-6,9-12,15H,4,7-8,13-14H2,1-3H3. The first-order valence-corrected chi connectivity index (χ1v) is 9.32. The molecule has 2 nitrogen and oxygen atoms in total. The molecule has 3 rings (SSSR count). The van der Waals surface area contributed by atoms with Crippen molar-refractivity contribution in [3.63, 3.8) is 0 Å². The van der Waals surface area contributed by atoms with Crippen LogP contribution < -0.4 is 4.90 Å². The molecule has 2 aromatic carbocycles. The van der Waals surface area contributed by atoms with Crippen molar-refractivity contribution in [2.45, 2.75) is 36.0 Å². The van der Waals surface area contributed by atoms with Crippen molar-refractivity contribution in [3.8, 4) is 0 Å². The van der Waals surface area contributed by atoms with Crippen molar-refractivity contribution in [2.75, 3.05) is 32.1 Å². The Hall–Kier alpha value is -1.45. The highest BCUT2D eigenvalue weighted by molar-refractivity contribution is 7.99.